The van der Waals surface area contributed by atoms with Crippen LogP contribution in [-0.2, 0) is 0 Å². The van der Waals surface area contributed by atoms with Crippen molar-refractivity contribution >= 4 is 17.1 Å². The molecule has 6 heteroatoms. The van der Waals surface area contributed by atoms with Crippen LogP contribution in [0.15, 0.2) is 59.4 Å². The summed E-state index contributed by atoms with van der Waals surface area (Å²) in [6.45, 7) is 1.04. The monoisotopic (exact) mass is 323 g/mol. The first-order chi connectivity index (χ1) is 11.7. The van der Waals surface area contributed by atoms with E-state index < -0.39 is 0 Å². The Balaban J connectivity index is 1.53. The highest BCUT2D eigenvalue weighted by Crippen LogP contribution is 2.25. The van der Waals surface area contributed by atoms with Gasteiger partial charge in [-0.25, -0.2) is 9.59 Å². The molecule has 2 heterocycles. The number of hydrogen-bond donors (Lipinski definition) is 1. The third kappa shape index (κ3) is 2.56. The van der Waals surface area contributed by atoms with Crippen LogP contribution in [0.4, 0.5) is 4.79 Å². The number of imidazole rings is 1. The van der Waals surface area contributed by atoms with Crippen molar-refractivity contribution in [1.29, 1.82) is 0 Å². The molecule has 122 valence electrons. The lowest BCUT2D eigenvalue weighted by atomic mass is 10.2. The molecule has 0 bridgehead atoms. The normalized spacial score (nSPS) is 17.3. The van der Waals surface area contributed by atoms with Crippen LogP contribution >= 0.6 is 0 Å². The van der Waals surface area contributed by atoms with Gasteiger partial charge < -0.3 is 14.6 Å². The summed E-state index contributed by atoms with van der Waals surface area (Å²) in [6, 6.07) is 16.5. The highest BCUT2D eigenvalue weighted by molar-refractivity contribution is 5.75. The number of carbonyl (C=O) groups excluding carboxylic acids is 1. The molecule has 4 rings (SSSR count). The topological polar surface area (TPSA) is 67.3 Å². The Labute approximate surface area is 138 Å². The molecular weight excluding hydrogens is 306 g/mol. The summed E-state index contributed by atoms with van der Waals surface area (Å²) in [6.07, 6.45) is 0.350. The maximum atomic E-state index is 12.3. The van der Waals surface area contributed by atoms with Crippen molar-refractivity contribution in [2.45, 2.75) is 12.5 Å². The molecule has 1 fully saturated rings. The van der Waals surface area contributed by atoms with Crippen molar-refractivity contribution < 1.29 is 9.53 Å². The zero-order valence-corrected chi connectivity index (χ0v) is 13.0. The Morgan fingerprint density at radius 1 is 1.08 bits per heavy atom. The average Bonchev–Trinajstić information content (AvgIpc) is 3.19. The van der Waals surface area contributed by atoms with Crippen molar-refractivity contribution in [2.75, 3.05) is 13.1 Å². The summed E-state index contributed by atoms with van der Waals surface area (Å²) in [4.78, 5) is 29.1. The number of ether oxygens (including phenoxy) is 1. The number of likely N-dealkylation sites (tertiary alicyclic amines) is 1. The highest BCUT2D eigenvalue weighted by Gasteiger charge is 2.30. The van der Waals surface area contributed by atoms with Crippen molar-refractivity contribution in [2.24, 2.45) is 0 Å². The molecule has 2 aromatic carbocycles. The van der Waals surface area contributed by atoms with Gasteiger partial charge in [0.25, 0.3) is 0 Å². The second-order valence-electron chi connectivity index (χ2n) is 5.89. The van der Waals surface area contributed by atoms with Crippen LogP contribution in [0.25, 0.3) is 11.0 Å². The lowest BCUT2D eigenvalue weighted by Crippen LogP contribution is -2.32. The molecule has 3 aromatic rings. The Morgan fingerprint density at radius 2 is 1.83 bits per heavy atom. The Hall–Kier alpha value is -3.02. The number of fused-ring (bicyclic) bond motifs is 1. The number of benzene rings is 2. The van der Waals surface area contributed by atoms with E-state index in [0.717, 1.165) is 17.5 Å². The molecule has 6 nitrogen and oxygen atoms in total. The van der Waals surface area contributed by atoms with Gasteiger partial charge in [0.1, 0.15) is 5.75 Å². The van der Waals surface area contributed by atoms with Crippen LogP contribution in [0.2, 0.25) is 0 Å². The highest BCUT2D eigenvalue weighted by atomic mass is 16.6. The van der Waals surface area contributed by atoms with E-state index in [9.17, 15) is 9.59 Å². The van der Waals surface area contributed by atoms with Gasteiger partial charge in [-0.05, 0) is 30.7 Å². The molecule has 1 unspecified atom stereocenters. The molecule has 24 heavy (non-hydrogen) atoms. The predicted octanol–water partition coefficient (Wildman–Crippen LogP) is 2.78. The molecule has 1 aromatic heterocycles. The van der Waals surface area contributed by atoms with Crippen LogP contribution in [0, 0.1) is 0 Å². The molecule has 1 N–H and O–H groups in total. The molecular formula is C18H17N3O3. The van der Waals surface area contributed by atoms with E-state index in [1.54, 1.807) is 21.6 Å². The SMILES string of the molecule is O=C(Oc1ccccc1)N1CCC(n2c(=O)[nH]c3ccccc32)C1. The summed E-state index contributed by atoms with van der Waals surface area (Å²) in [5.74, 6) is 0.523. The summed E-state index contributed by atoms with van der Waals surface area (Å²) in [7, 11) is 0. The number of carbonyl (C=O) groups is 1. The standard InChI is InChI=1S/C18H17N3O3/c22-17-19-15-8-4-5-9-16(15)21(17)13-10-11-20(12-13)18(23)24-14-6-2-1-3-7-14/h1-9,13H,10-12H2,(H,19,22). The second-order valence-corrected chi connectivity index (χ2v) is 5.89. The van der Waals surface area contributed by atoms with E-state index in [1.165, 1.54) is 0 Å². The van der Waals surface area contributed by atoms with Gasteiger partial charge >= 0.3 is 11.8 Å². The Bertz CT molecular complexity index is 929. The van der Waals surface area contributed by atoms with Crippen LogP contribution in [0.1, 0.15) is 12.5 Å². The first kappa shape index (κ1) is 14.6. The summed E-state index contributed by atoms with van der Waals surface area (Å²) >= 11 is 0. The number of nitrogens with zero attached hydrogens (tertiary/aromatic N) is 2. The van der Waals surface area contributed by atoms with E-state index in [4.69, 9.17) is 4.74 Å². The molecule has 1 aliphatic rings. The van der Waals surface area contributed by atoms with Crippen LogP contribution in [0.3, 0.4) is 0 Å². The first-order valence-corrected chi connectivity index (χ1v) is 7.93. The molecule has 1 atom stereocenters. The summed E-state index contributed by atoms with van der Waals surface area (Å²) < 4.78 is 7.11. The fraction of sp³-hybridized carbons (Fsp3) is 0.222. The number of H-pyrrole nitrogens is 1. The van der Waals surface area contributed by atoms with Gasteiger partial charge in [0, 0.05) is 13.1 Å². The van der Waals surface area contributed by atoms with Crippen molar-refractivity contribution in [3.63, 3.8) is 0 Å². The molecule has 0 saturated carbocycles. The van der Waals surface area contributed by atoms with Gasteiger partial charge in [-0.15, -0.1) is 0 Å². The summed E-state index contributed by atoms with van der Waals surface area (Å²) in [5.41, 5.74) is 1.54. The van der Waals surface area contributed by atoms with E-state index in [2.05, 4.69) is 4.98 Å². The fourth-order valence-electron chi connectivity index (χ4n) is 3.21. The van der Waals surface area contributed by atoms with Crippen LogP contribution in [-0.4, -0.2) is 33.6 Å². The smallest absolute Gasteiger partial charge is 0.410 e. The molecule has 0 spiro atoms. The zero-order valence-electron chi connectivity index (χ0n) is 13.0. The molecule has 1 amide bonds. The van der Waals surface area contributed by atoms with Crippen molar-refractivity contribution in [3.05, 3.63) is 65.1 Å². The van der Waals surface area contributed by atoms with Gasteiger partial charge in [0.15, 0.2) is 0 Å². The van der Waals surface area contributed by atoms with E-state index >= 15 is 0 Å². The van der Waals surface area contributed by atoms with Crippen LogP contribution < -0.4 is 10.4 Å². The average molecular weight is 323 g/mol. The van der Waals surface area contributed by atoms with Crippen LogP contribution in [0.5, 0.6) is 5.75 Å². The van der Waals surface area contributed by atoms with Crippen molar-refractivity contribution in [3.8, 4) is 5.75 Å². The van der Waals surface area contributed by atoms with E-state index in [-0.39, 0.29) is 17.8 Å². The Kier molecular flexibility index (Phi) is 3.57. The minimum atomic E-state index is -0.378. The number of rotatable bonds is 2. The molecule has 0 radical (unpaired) electrons. The summed E-state index contributed by atoms with van der Waals surface area (Å²) in [5, 5.41) is 0. The zero-order chi connectivity index (χ0) is 16.5. The number of para-hydroxylation sites is 3. The number of hydrogen-bond acceptors (Lipinski definition) is 3. The predicted molar refractivity (Wildman–Crippen MR) is 90.3 cm³/mol. The third-order valence-corrected chi connectivity index (χ3v) is 4.36. The minimum absolute atomic E-state index is 0.0445. The van der Waals surface area contributed by atoms with Crippen molar-refractivity contribution in [1.82, 2.24) is 14.5 Å². The van der Waals surface area contributed by atoms with Gasteiger partial charge in [-0.1, -0.05) is 30.3 Å². The lowest BCUT2D eigenvalue weighted by molar-refractivity contribution is 0.161. The maximum absolute atomic E-state index is 12.3. The van der Waals surface area contributed by atoms with Gasteiger partial charge in [-0.2, -0.15) is 0 Å². The second kappa shape index (κ2) is 5.88. The number of aromatic nitrogens is 2. The molecule has 1 aliphatic heterocycles. The Morgan fingerprint density at radius 3 is 2.67 bits per heavy atom. The number of aromatic amines is 1. The van der Waals surface area contributed by atoms with E-state index in [0.29, 0.717) is 18.8 Å². The number of nitrogens with one attached hydrogen (secondary N) is 1. The molecule has 1 saturated heterocycles. The maximum Gasteiger partial charge on any atom is 0.415 e. The largest absolute Gasteiger partial charge is 0.415 e. The van der Waals surface area contributed by atoms with Gasteiger partial charge in [0.2, 0.25) is 0 Å². The van der Waals surface area contributed by atoms with E-state index in [1.807, 2.05) is 42.5 Å². The quantitative estimate of drug-likeness (QED) is 0.788. The molecule has 0 aliphatic carbocycles. The van der Waals surface area contributed by atoms with Gasteiger partial charge in [0.05, 0.1) is 17.1 Å². The first-order valence-electron chi connectivity index (χ1n) is 7.93. The van der Waals surface area contributed by atoms with Gasteiger partial charge in [-0.3, -0.25) is 4.57 Å². The third-order valence-electron chi connectivity index (χ3n) is 4.36. The number of amides is 1. The lowest BCUT2D eigenvalue weighted by Gasteiger charge is -2.16. The minimum Gasteiger partial charge on any atom is -0.410 e. The fourth-order valence-corrected chi connectivity index (χ4v) is 3.21.